The summed E-state index contributed by atoms with van der Waals surface area (Å²) < 4.78 is 5.73. The summed E-state index contributed by atoms with van der Waals surface area (Å²) in [6.45, 7) is 5.77. The molecule has 0 fully saturated rings. The van der Waals surface area contributed by atoms with Gasteiger partial charge in [-0.25, -0.2) is 0 Å². The number of rotatable bonds is 7. The topological polar surface area (TPSA) is 114 Å². The van der Waals surface area contributed by atoms with E-state index in [1.165, 1.54) is 16.9 Å². The van der Waals surface area contributed by atoms with E-state index in [-0.39, 0.29) is 18.1 Å². The maximum atomic E-state index is 12.4. The van der Waals surface area contributed by atoms with Gasteiger partial charge in [0, 0.05) is 11.1 Å². The Hall–Kier alpha value is -3.28. The van der Waals surface area contributed by atoms with E-state index in [0.717, 1.165) is 46.0 Å². The molecule has 1 aliphatic carbocycles. The molecule has 1 aliphatic rings. The van der Waals surface area contributed by atoms with E-state index in [0.29, 0.717) is 17.7 Å². The summed E-state index contributed by atoms with van der Waals surface area (Å²) in [5.74, 6) is 0.459. The van der Waals surface area contributed by atoms with Crippen molar-refractivity contribution in [3.8, 4) is 33.0 Å². The van der Waals surface area contributed by atoms with Gasteiger partial charge < -0.3 is 15.8 Å². The molecule has 7 nitrogen and oxygen atoms in total. The van der Waals surface area contributed by atoms with Gasteiger partial charge in [-0.1, -0.05) is 36.5 Å². The molecule has 0 bridgehead atoms. The molecule has 34 heavy (non-hydrogen) atoms. The Bertz CT molecular complexity index is 1230. The average Bonchev–Trinajstić information content (AvgIpc) is 3.33. The van der Waals surface area contributed by atoms with Crippen LogP contribution in [0.2, 0.25) is 0 Å². The first-order chi connectivity index (χ1) is 16.4. The van der Waals surface area contributed by atoms with Crippen LogP contribution < -0.4 is 15.8 Å². The van der Waals surface area contributed by atoms with Crippen LogP contribution in [0.15, 0.2) is 36.4 Å². The Morgan fingerprint density at radius 1 is 1.29 bits per heavy atom. The second-order valence-corrected chi connectivity index (χ2v) is 9.72. The minimum absolute atomic E-state index is 0.0124. The molecule has 2 atom stereocenters. The smallest absolute Gasteiger partial charge is 0.237 e. The van der Waals surface area contributed by atoms with Crippen LogP contribution in [-0.2, 0) is 11.2 Å². The fraction of sp³-hybridized carbons (Fsp3) is 0.385. The summed E-state index contributed by atoms with van der Waals surface area (Å²) in [6, 6.07) is 13.3. The first-order valence-corrected chi connectivity index (χ1v) is 12.5. The van der Waals surface area contributed by atoms with Gasteiger partial charge in [-0.05, 0) is 68.9 Å². The molecule has 0 spiro atoms. The molecule has 0 saturated heterocycles. The quantitative estimate of drug-likeness (QED) is 0.509. The number of aromatic nitrogens is 2. The maximum Gasteiger partial charge on any atom is 0.237 e. The molecule has 0 radical (unpaired) electrons. The molecule has 2 aromatic carbocycles. The number of nitriles is 1. The molecule has 0 unspecified atom stereocenters. The molecular formula is C26H29N5O2S. The third-order valence-corrected chi connectivity index (χ3v) is 6.97. The van der Waals surface area contributed by atoms with E-state index in [1.807, 2.05) is 39.0 Å². The molecule has 0 aliphatic heterocycles. The minimum atomic E-state index is -0.491. The van der Waals surface area contributed by atoms with Gasteiger partial charge in [0.05, 0.1) is 23.8 Å². The van der Waals surface area contributed by atoms with Crippen molar-refractivity contribution in [1.82, 2.24) is 15.5 Å². The zero-order valence-corrected chi connectivity index (χ0v) is 20.5. The van der Waals surface area contributed by atoms with Gasteiger partial charge in [0.2, 0.25) is 5.91 Å². The standard InChI is InChI=1S/C26H29N5O2S/c1-4-21(28)24(32)29-22-10-6-7-18-19(22)8-5-9-20(18)26-31-30-25(34-26)16-11-12-23(33-15(2)3)17(13-16)14-27/h5,8-9,11-13,15,21-22H,4,6-7,10,28H2,1-3H3,(H,29,32)/t21-,22+/m0/s1. The van der Waals surface area contributed by atoms with Crippen molar-refractivity contribution in [2.45, 2.75) is 64.6 Å². The van der Waals surface area contributed by atoms with Crippen molar-refractivity contribution in [3.05, 3.63) is 53.1 Å². The third kappa shape index (κ3) is 4.96. The number of ether oxygens (including phenoxy) is 1. The van der Waals surface area contributed by atoms with E-state index in [2.05, 4.69) is 33.7 Å². The van der Waals surface area contributed by atoms with Crippen molar-refractivity contribution in [2.75, 3.05) is 0 Å². The van der Waals surface area contributed by atoms with Gasteiger partial charge in [-0.3, -0.25) is 4.79 Å². The van der Waals surface area contributed by atoms with Gasteiger partial charge in [-0.2, -0.15) is 5.26 Å². The van der Waals surface area contributed by atoms with Gasteiger partial charge in [0.15, 0.2) is 0 Å². The predicted octanol–water partition coefficient (Wildman–Crippen LogP) is 4.76. The zero-order valence-electron chi connectivity index (χ0n) is 19.7. The number of amides is 1. The monoisotopic (exact) mass is 475 g/mol. The van der Waals surface area contributed by atoms with Crippen LogP contribution in [0.4, 0.5) is 0 Å². The van der Waals surface area contributed by atoms with Gasteiger partial charge >= 0.3 is 0 Å². The van der Waals surface area contributed by atoms with E-state index >= 15 is 0 Å². The first-order valence-electron chi connectivity index (χ1n) is 11.6. The lowest BCUT2D eigenvalue weighted by atomic mass is 9.85. The highest BCUT2D eigenvalue weighted by Gasteiger charge is 2.26. The summed E-state index contributed by atoms with van der Waals surface area (Å²) in [4.78, 5) is 12.4. The summed E-state index contributed by atoms with van der Waals surface area (Å²) >= 11 is 1.49. The van der Waals surface area contributed by atoms with Crippen LogP contribution in [0.25, 0.3) is 21.1 Å². The van der Waals surface area contributed by atoms with Crippen molar-refractivity contribution < 1.29 is 9.53 Å². The average molecular weight is 476 g/mol. The van der Waals surface area contributed by atoms with E-state index in [4.69, 9.17) is 10.5 Å². The normalized spacial score (nSPS) is 15.9. The SMILES string of the molecule is CC[C@H](N)C(=O)N[C@@H]1CCCc2c(-c3nnc(-c4ccc(OC(C)C)c(C#N)c4)s3)cccc21. The van der Waals surface area contributed by atoms with Gasteiger partial charge in [0.1, 0.15) is 21.8 Å². The second kappa shape index (κ2) is 10.3. The van der Waals surface area contributed by atoms with Crippen LogP contribution >= 0.6 is 11.3 Å². The molecule has 3 aromatic rings. The highest BCUT2D eigenvalue weighted by Crippen LogP contribution is 2.39. The molecule has 3 N–H and O–H groups in total. The number of nitrogens with one attached hydrogen (secondary N) is 1. The van der Waals surface area contributed by atoms with Crippen LogP contribution in [0, 0.1) is 11.3 Å². The predicted molar refractivity (Wildman–Crippen MR) is 133 cm³/mol. The fourth-order valence-electron chi connectivity index (χ4n) is 4.22. The van der Waals surface area contributed by atoms with Crippen molar-refractivity contribution in [2.24, 2.45) is 5.73 Å². The maximum absolute atomic E-state index is 12.4. The third-order valence-electron chi connectivity index (χ3n) is 5.97. The minimum Gasteiger partial charge on any atom is -0.490 e. The molecule has 4 rings (SSSR count). The van der Waals surface area contributed by atoms with E-state index < -0.39 is 6.04 Å². The molecule has 176 valence electrons. The summed E-state index contributed by atoms with van der Waals surface area (Å²) in [5, 5.41) is 23.1. The zero-order chi connectivity index (χ0) is 24.2. The highest BCUT2D eigenvalue weighted by atomic mass is 32.1. The van der Waals surface area contributed by atoms with Crippen LogP contribution in [-0.4, -0.2) is 28.3 Å². The van der Waals surface area contributed by atoms with Crippen LogP contribution in [0.3, 0.4) is 0 Å². The fourth-order valence-corrected chi connectivity index (χ4v) is 5.11. The summed E-state index contributed by atoms with van der Waals surface area (Å²) in [5.41, 5.74) is 10.6. The lowest BCUT2D eigenvalue weighted by Gasteiger charge is -2.28. The first kappa shape index (κ1) is 23.9. The Morgan fingerprint density at radius 2 is 2.09 bits per heavy atom. The number of fused-ring (bicyclic) bond motifs is 1. The Morgan fingerprint density at radius 3 is 2.82 bits per heavy atom. The molecule has 8 heteroatoms. The van der Waals surface area contributed by atoms with Crippen molar-refractivity contribution >= 4 is 17.2 Å². The lowest BCUT2D eigenvalue weighted by Crippen LogP contribution is -2.42. The molecule has 0 saturated carbocycles. The van der Waals surface area contributed by atoms with Crippen molar-refractivity contribution in [1.29, 1.82) is 5.26 Å². The largest absolute Gasteiger partial charge is 0.490 e. The van der Waals surface area contributed by atoms with Crippen LogP contribution in [0.1, 0.15) is 62.8 Å². The molecule has 1 amide bonds. The van der Waals surface area contributed by atoms with E-state index in [1.54, 1.807) is 6.07 Å². The Balaban J connectivity index is 1.63. The van der Waals surface area contributed by atoms with Crippen molar-refractivity contribution in [3.63, 3.8) is 0 Å². The Kier molecular flexibility index (Phi) is 7.25. The number of hydrogen-bond donors (Lipinski definition) is 2. The van der Waals surface area contributed by atoms with Crippen LogP contribution in [0.5, 0.6) is 5.75 Å². The summed E-state index contributed by atoms with van der Waals surface area (Å²) in [7, 11) is 0. The number of hydrogen-bond acceptors (Lipinski definition) is 7. The lowest BCUT2D eigenvalue weighted by molar-refractivity contribution is -0.123. The number of benzene rings is 2. The molecule has 1 heterocycles. The number of nitrogens with zero attached hydrogens (tertiary/aromatic N) is 3. The molecular weight excluding hydrogens is 446 g/mol. The number of carbonyl (C=O) groups is 1. The summed E-state index contributed by atoms with van der Waals surface area (Å²) in [6.07, 6.45) is 3.39. The number of carbonyl (C=O) groups excluding carboxylic acids is 1. The highest BCUT2D eigenvalue weighted by molar-refractivity contribution is 7.17. The van der Waals surface area contributed by atoms with Gasteiger partial charge in [-0.15, -0.1) is 10.2 Å². The number of nitrogens with two attached hydrogens (primary N) is 1. The van der Waals surface area contributed by atoms with E-state index in [9.17, 15) is 10.1 Å². The van der Waals surface area contributed by atoms with Gasteiger partial charge in [0.25, 0.3) is 0 Å². The molecule has 1 aromatic heterocycles. The second-order valence-electron chi connectivity index (χ2n) is 8.74. The Labute approximate surface area is 204 Å².